The molecular formula is C18H16Br2O2S2. The molecule has 0 saturated heterocycles. The lowest BCUT2D eigenvalue weighted by molar-refractivity contribution is 0.478. The number of aromatic hydroxyl groups is 2. The van der Waals surface area contributed by atoms with Gasteiger partial charge in [-0.1, -0.05) is 45.7 Å². The summed E-state index contributed by atoms with van der Waals surface area (Å²) in [5.74, 6) is 0.619. The highest BCUT2D eigenvalue weighted by Gasteiger charge is 2.18. The van der Waals surface area contributed by atoms with E-state index in [1.165, 1.54) is 0 Å². The molecule has 0 spiro atoms. The van der Waals surface area contributed by atoms with E-state index in [4.69, 9.17) is 0 Å². The standard InChI is InChI=1S/C18H16Br2O2S2/c1-3-9-5-15(21)17(23-9)11-7-14(20)12(8-13(11)19)18-16(22)6-10(4-2)24-18/h5-8,21-22H,3-4H2,1-2H3. The van der Waals surface area contributed by atoms with Crippen molar-refractivity contribution in [1.29, 1.82) is 0 Å². The van der Waals surface area contributed by atoms with E-state index in [0.29, 0.717) is 11.5 Å². The Morgan fingerprint density at radius 3 is 1.42 bits per heavy atom. The average Bonchev–Trinajstić information content (AvgIpc) is 3.11. The van der Waals surface area contributed by atoms with Crippen LogP contribution in [0.2, 0.25) is 0 Å². The van der Waals surface area contributed by atoms with Gasteiger partial charge in [-0.25, -0.2) is 0 Å². The number of benzene rings is 1. The number of rotatable bonds is 4. The third kappa shape index (κ3) is 3.29. The average molecular weight is 488 g/mol. The van der Waals surface area contributed by atoms with Crippen LogP contribution in [-0.2, 0) is 12.8 Å². The van der Waals surface area contributed by atoms with Crippen LogP contribution in [0.5, 0.6) is 11.5 Å². The molecule has 0 aliphatic heterocycles. The second-order valence-electron chi connectivity index (χ2n) is 5.37. The zero-order valence-corrected chi connectivity index (χ0v) is 18.0. The van der Waals surface area contributed by atoms with Crippen LogP contribution in [0.3, 0.4) is 0 Å². The van der Waals surface area contributed by atoms with Gasteiger partial charge in [0.25, 0.3) is 0 Å². The summed E-state index contributed by atoms with van der Waals surface area (Å²) in [6, 6.07) is 7.64. The maximum atomic E-state index is 10.2. The molecule has 3 aromatic rings. The Morgan fingerprint density at radius 1 is 0.750 bits per heavy atom. The van der Waals surface area contributed by atoms with E-state index in [9.17, 15) is 10.2 Å². The SMILES string of the molecule is CCc1cc(O)c(-c2cc(Br)c(-c3sc(CC)cc3O)cc2Br)s1. The van der Waals surface area contributed by atoms with Gasteiger partial charge >= 0.3 is 0 Å². The van der Waals surface area contributed by atoms with E-state index in [0.717, 1.165) is 52.4 Å². The summed E-state index contributed by atoms with van der Waals surface area (Å²) in [6.45, 7) is 4.15. The van der Waals surface area contributed by atoms with Crippen molar-refractivity contribution in [2.24, 2.45) is 0 Å². The Labute approximate surface area is 166 Å². The number of thiophene rings is 2. The molecule has 126 valence electrons. The first-order valence-corrected chi connectivity index (χ1v) is 10.8. The van der Waals surface area contributed by atoms with Gasteiger partial charge in [-0.05, 0) is 37.1 Å². The molecule has 0 aliphatic carbocycles. The van der Waals surface area contributed by atoms with Crippen molar-refractivity contribution in [2.75, 3.05) is 0 Å². The third-order valence-corrected chi connectivity index (χ3v) is 7.69. The van der Waals surface area contributed by atoms with Crippen molar-refractivity contribution in [1.82, 2.24) is 0 Å². The van der Waals surface area contributed by atoms with Crippen LogP contribution < -0.4 is 0 Å². The summed E-state index contributed by atoms with van der Waals surface area (Å²) in [4.78, 5) is 4.02. The molecule has 2 nitrogen and oxygen atoms in total. The fourth-order valence-corrected chi connectivity index (χ4v) is 5.88. The Balaban J connectivity index is 2.11. The lowest BCUT2D eigenvalue weighted by Crippen LogP contribution is -1.82. The normalized spacial score (nSPS) is 11.2. The fraction of sp³-hybridized carbons (Fsp3) is 0.222. The molecule has 1 aromatic carbocycles. The summed E-state index contributed by atoms with van der Waals surface area (Å²) in [5, 5.41) is 20.5. The third-order valence-electron chi connectivity index (χ3n) is 3.77. The monoisotopic (exact) mass is 486 g/mol. The largest absolute Gasteiger partial charge is 0.506 e. The highest BCUT2D eigenvalue weighted by atomic mass is 79.9. The van der Waals surface area contributed by atoms with Crippen molar-refractivity contribution in [3.63, 3.8) is 0 Å². The second kappa shape index (κ2) is 7.20. The first-order valence-electron chi connectivity index (χ1n) is 7.57. The minimum absolute atomic E-state index is 0.310. The van der Waals surface area contributed by atoms with Crippen LogP contribution in [0.1, 0.15) is 23.6 Å². The van der Waals surface area contributed by atoms with Crippen LogP contribution in [0.25, 0.3) is 20.9 Å². The van der Waals surface area contributed by atoms with Gasteiger partial charge in [0.05, 0.1) is 9.75 Å². The molecule has 0 saturated carbocycles. The fourth-order valence-electron chi connectivity index (χ4n) is 2.49. The van der Waals surface area contributed by atoms with Gasteiger partial charge < -0.3 is 10.2 Å². The Hall–Kier alpha value is -0.820. The Bertz CT molecular complexity index is 823. The van der Waals surface area contributed by atoms with Crippen molar-refractivity contribution in [3.05, 3.63) is 43.0 Å². The van der Waals surface area contributed by atoms with Crippen LogP contribution in [0.4, 0.5) is 0 Å². The molecule has 0 radical (unpaired) electrons. The van der Waals surface area contributed by atoms with Crippen molar-refractivity contribution >= 4 is 54.5 Å². The molecule has 0 bridgehead atoms. The van der Waals surface area contributed by atoms with E-state index in [1.54, 1.807) is 22.7 Å². The van der Waals surface area contributed by atoms with Crippen molar-refractivity contribution in [3.8, 4) is 32.4 Å². The van der Waals surface area contributed by atoms with Crippen LogP contribution in [-0.4, -0.2) is 10.2 Å². The lowest BCUT2D eigenvalue weighted by atomic mass is 10.1. The van der Waals surface area contributed by atoms with Gasteiger partial charge in [0.1, 0.15) is 11.5 Å². The van der Waals surface area contributed by atoms with Crippen molar-refractivity contribution in [2.45, 2.75) is 26.7 Å². The first-order chi connectivity index (χ1) is 11.4. The van der Waals surface area contributed by atoms with Gasteiger partial charge in [-0.2, -0.15) is 0 Å². The summed E-state index contributed by atoms with van der Waals surface area (Å²) in [5.41, 5.74) is 1.89. The maximum absolute atomic E-state index is 10.2. The predicted octanol–water partition coefficient (Wildman–Crippen LogP) is 7.20. The molecule has 0 unspecified atom stereocenters. The van der Waals surface area contributed by atoms with Gasteiger partial charge in [-0.3, -0.25) is 0 Å². The van der Waals surface area contributed by atoms with Crippen molar-refractivity contribution < 1.29 is 10.2 Å². The molecule has 0 atom stereocenters. The smallest absolute Gasteiger partial charge is 0.134 e. The Morgan fingerprint density at radius 2 is 1.12 bits per heavy atom. The first kappa shape index (κ1) is 18.0. The summed E-state index contributed by atoms with van der Waals surface area (Å²) < 4.78 is 1.79. The quantitative estimate of drug-likeness (QED) is 0.408. The summed E-state index contributed by atoms with van der Waals surface area (Å²) in [6.07, 6.45) is 1.80. The molecule has 2 aromatic heterocycles. The topological polar surface area (TPSA) is 40.5 Å². The number of halogens is 2. The van der Waals surface area contributed by atoms with E-state index in [1.807, 2.05) is 24.3 Å². The van der Waals surface area contributed by atoms with Crippen LogP contribution >= 0.6 is 54.5 Å². The molecule has 0 fully saturated rings. The van der Waals surface area contributed by atoms with E-state index >= 15 is 0 Å². The predicted molar refractivity (Wildman–Crippen MR) is 111 cm³/mol. The minimum Gasteiger partial charge on any atom is -0.506 e. The molecular weight excluding hydrogens is 472 g/mol. The highest BCUT2D eigenvalue weighted by molar-refractivity contribution is 9.11. The van der Waals surface area contributed by atoms with Gasteiger partial charge in [0.15, 0.2) is 0 Å². The van der Waals surface area contributed by atoms with Gasteiger partial charge in [0, 0.05) is 29.8 Å². The Kier molecular flexibility index (Phi) is 5.39. The summed E-state index contributed by atoms with van der Waals surface area (Å²) in [7, 11) is 0. The van der Waals surface area contributed by atoms with E-state index < -0.39 is 0 Å². The minimum atomic E-state index is 0.310. The molecule has 2 heterocycles. The highest BCUT2D eigenvalue weighted by Crippen LogP contribution is 2.47. The summed E-state index contributed by atoms with van der Waals surface area (Å²) >= 11 is 10.5. The number of hydrogen-bond donors (Lipinski definition) is 2. The van der Waals surface area contributed by atoms with E-state index in [2.05, 4.69) is 45.7 Å². The molecule has 0 aliphatic rings. The molecule has 2 N–H and O–H groups in total. The van der Waals surface area contributed by atoms with Crippen LogP contribution in [0, 0.1) is 0 Å². The molecule has 0 amide bonds. The second-order valence-corrected chi connectivity index (χ2v) is 9.36. The zero-order valence-electron chi connectivity index (χ0n) is 13.2. The molecule has 6 heteroatoms. The van der Waals surface area contributed by atoms with Gasteiger partial charge in [0.2, 0.25) is 0 Å². The van der Waals surface area contributed by atoms with Crippen LogP contribution in [0.15, 0.2) is 33.2 Å². The molecule has 3 rings (SSSR count). The maximum Gasteiger partial charge on any atom is 0.134 e. The zero-order chi connectivity index (χ0) is 17.4. The lowest BCUT2D eigenvalue weighted by Gasteiger charge is -2.09. The van der Waals surface area contributed by atoms with Gasteiger partial charge in [-0.15, -0.1) is 22.7 Å². The number of aryl methyl sites for hydroxylation is 2. The van der Waals surface area contributed by atoms with E-state index in [-0.39, 0.29) is 0 Å². The molecule has 24 heavy (non-hydrogen) atoms. The number of hydrogen-bond acceptors (Lipinski definition) is 4.